The zero-order valence-corrected chi connectivity index (χ0v) is 10.9. The van der Waals surface area contributed by atoms with Crippen molar-refractivity contribution in [3.63, 3.8) is 0 Å². The molecular formula is C17H19N. The van der Waals surface area contributed by atoms with Crippen molar-refractivity contribution in [2.75, 3.05) is 20.1 Å². The van der Waals surface area contributed by atoms with E-state index in [1.54, 1.807) is 5.57 Å². The lowest BCUT2D eigenvalue weighted by Crippen LogP contribution is -2.24. The molecule has 1 heteroatoms. The average Bonchev–Trinajstić information content (AvgIpc) is 2.41. The Morgan fingerprint density at radius 3 is 2.67 bits per heavy atom. The van der Waals surface area contributed by atoms with Crippen LogP contribution in [0.25, 0.3) is 10.8 Å². The van der Waals surface area contributed by atoms with E-state index in [0.29, 0.717) is 0 Å². The summed E-state index contributed by atoms with van der Waals surface area (Å²) < 4.78 is 0. The van der Waals surface area contributed by atoms with Gasteiger partial charge in [0.15, 0.2) is 0 Å². The predicted molar refractivity (Wildman–Crippen MR) is 77.8 cm³/mol. The first-order valence-corrected chi connectivity index (χ1v) is 6.65. The van der Waals surface area contributed by atoms with Gasteiger partial charge in [-0.3, -0.25) is 0 Å². The van der Waals surface area contributed by atoms with Crippen LogP contribution < -0.4 is 0 Å². The number of hydrogen-bond acceptors (Lipinski definition) is 1. The van der Waals surface area contributed by atoms with E-state index in [-0.39, 0.29) is 0 Å². The molecule has 0 aromatic heterocycles. The van der Waals surface area contributed by atoms with Gasteiger partial charge in [-0.05, 0) is 36.2 Å². The molecule has 0 radical (unpaired) electrons. The van der Waals surface area contributed by atoms with Gasteiger partial charge in [0.25, 0.3) is 0 Å². The summed E-state index contributed by atoms with van der Waals surface area (Å²) in [6.07, 6.45) is 4.71. The first-order valence-electron chi connectivity index (χ1n) is 6.65. The van der Waals surface area contributed by atoms with Gasteiger partial charge in [0.05, 0.1) is 0 Å². The highest BCUT2D eigenvalue weighted by atomic mass is 15.1. The van der Waals surface area contributed by atoms with Gasteiger partial charge in [0.2, 0.25) is 0 Å². The van der Waals surface area contributed by atoms with E-state index in [1.165, 1.54) is 29.3 Å². The lowest BCUT2D eigenvalue weighted by atomic mass is 9.98. The summed E-state index contributed by atoms with van der Waals surface area (Å²) in [7, 11) is 2.18. The first-order chi connectivity index (χ1) is 8.81. The molecule has 3 rings (SSSR count). The number of likely N-dealkylation sites (N-methyl/N-ethyl adjacent to an activating group) is 1. The van der Waals surface area contributed by atoms with Gasteiger partial charge in [-0.2, -0.15) is 0 Å². The molecule has 1 aliphatic heterocycles. The van der Waals surface area contributed by atoms with Gasteiger partial charge < -0.3 is 4.90 Å². The van der Waals surface area contributed by atoms with Gasteiger partial charge in [-0.1, -0.05) is 54.1 Å². The standard InChI is InChI=1S/C17H19N/c1-18-10-8-14(9-11-18)12-15-6-7-16-4-2-3-5-17(16)13-15/h2-8,13H,9-12H2,1H3. The number of nitrogens with zero attached hydrogens (tertiary/aromatic N) is 1. The first kappa shape index (κ1) is 11.5. The molecule has 18 heavy (non-hydrogen) atoms. The highest BCUT2D eigenvalue weighted by molar-refractivity contribution is 5.83. The maximum Gasteiger partial charge on any atom is 0.0163 e. The molecule has 0 saturated carbocycles. The fourth-order valence-corrected chi connectivity index (χ4v) is 2.58. The Bertz CT molecular complexity index is 583. The van der Waals surface area contributed by atoms with E-state index in [4.69, 9.17) is 0 Å². The molecule has 0 saturated heterocycles. The fraction of sp³-hybridized carbons (Fsp3) is 0.294. The highest BCUT2D eigenvalue weighted by Crippen LogP contribution is 2.20. The lowest BCUT2D eigenvalue weighted by molar-refractivity contribution is 0.357. The Morgan fingerprint density at radius 1 is 1.06 bits per heavy atom. The van der Waals surface area contributed by atoms with E-state index in [9.17, 15) is 0 Å². The molecule has 1 aliphatic rings. The number of rotatable bonds is 2. The van der Waals surface area contributed by atoms with Crippen LogP contribution in [0.1, 0.15) is 12.0 Å². The zero-order valence-electron chi connectivity index (χ0n) is 10.9. The van der Waals surface area contributed by atoms with Crippen molar-refractivity contribution in [2.24, 2.45) is 0 Å². The average molecular weight is 237 g/mol. The van der Waals surface area contributed by atoms with Crippen LogP contribution in [-0.2, 0) is 6.42 Å². The van der Waals surface area contributed by atoms with Crippen LogP contribution in [0.4, 0.5) is 0 Å². The third-order valence-electron chi connectivity index (χ3n) is 3.75. The summed E-state index contributed by atoms with van der Waals surface area (Å²) >= 11 is 0. The van der Waals surface area contributed by atoms with Gasteiger partial charge in [-0.25, -0.2) is 0 Å². The molecular weight excluding hydrogens is 218 g/mol. The van der Waals surface area contributed by atoms with Crippen molar-refractivity contribution in [3.8, 4) is 0 Å². The van der Waals surface area contributed by atoms with Gasteiger partial charge >= 0.3 is 0 Å². The van der Waals surface area contributed by atoms with Gasteiger partial charge in [-0.15, -0.1) is 0 Å². The molecule has 1 nitrogen and oxygen atoms in total. The van der Waals surface area contributed by atoms with E-state index < -0.39 is 0 Å². The molecule has 92 valence electrons. The van der Waals surface area contributed by atoms with Crippen LogP contribution >= 0.6 is 0 Å². The molecule has 1 heterocycles. The summed E-state index contributed by atoms with van der Waals surface area (Å²) in [6, 6.07) is 15.4. The quantitative estimate of drug-likeness (QED) is 0.721. The summed E-state index contributed by atoms with van der Waals surface area (Å²) in [5.41, 5.74) is 3.02. The van der Waals surface area contributed by atoms with Crippen molar-refractivity contribution in [1.82, 2.24) is 4.90 Å². The van der Waals surface area contributed by atoms with Crippen molar-refractivity contribution in [1.29, 1.82) is 0 Å². The maximum absolute atomic E-state index is 2.39. The Kier molecular flexibility index (Phi) is 3.16. The van der Waals surface area contributed by atoms with Crippen molar-refractivity contribution in [2.45, 2.75) is 12.8 Å². The number of benzene rings is 2. The minimum atomic E-state index is 1.10. The molecule has 0 N–H and O–H groups in total. The fourth-order valence-electron chi connectivity index (χ4n) is 2.58. The van der Waals surface area contributed by atoms with Crippen molar-refractivity contribution >= 4 is 10.8 Å². The van der Waals surface area contributed by atoms with Crippen LogP contribution in [0, 0.1) is 0 Å². The normalized spacial score (nSPS) is 16.8. The second kappa shape index (κ2) is 4.95. The lowest BCUT2D eigenvalue weighted by Gasteiger charge is -2.22. The zero-order chi connectivity index (χ0) is 12.4. The molecule has 2 aromatic rings. The Balaban J connectivity index is 1.82. The molecule has 0 aliphatic carbocycles. The predicted octanol–water partition coefficient (Wildman–Crippen LogP) is 3.64. The van der Waals surface area contributed by atoms with Crippen LogP contribution in [0.2, 0.25) is 0 Å². The molecule has 0 fully saturated rings. The number of fused-ring (bicyclic) bond motifs is 1. The largest absolute Gasteiger partial charge is 0.302 e. The highest BCUT2D eigenvalue weighted by Gasteiger charge is 2.08. The summed E-state index contributed by atoms with van der Waals surface area (Å²) in [5.74, 6) is 0. The van der Waals surface area contributed by atoms with E-state index >= 15 is 0 Å². The van der Waals surface area contributed by atoms with Gasteiger partial charge in [0, 0.05) is 13.1 Å². The van der Waals surface area contributed by atoms with Gasteiger partial charge in [0.1, 0.15) is 0 Å². The Labute approximate surface area is 109 Å². The minimum absolute atomic E-state index is 1.10. The minimum Gasteiger partial charge on any atom is -0.302 e. The maximum atomic E-state index is 2.39. The summed E-state index contributed by atoms with van der Waals surface area (Å²) in [5, 5.41) is 2.68. The third-order valence-corrected chi connectivity index (χ3v) is 3.75. The van der Waals surface area contributed by atoms with E-state index in [1.807, 2.05) is 0 Å². The van der Waals surface area contributed by atoms with Crippen LogP contribution in [-0.4, -0.2) is 25.0 Å². The van der Waals surface area contributed by atoms with Crippen molar-refractivity contribution < 1.29 is 0 Å². The Hall–Kier alpha value is -1.60. The molecule has 0 unspecified atom stereocenters. The molecule has 0 bridgehead atoms. The molecule has 0 atom stereocenters. The second-order valence-corrected chi connectivity index (χ2v) is 5.23. The summed E-state index contributed by atoms with van der Waals surface area (Å²) in [6.45, 7) is 2.29. The van der Waals surface area contributed by atoms with Crippen LogP contribution in [0.3, 0.4) is 0 Å². The SMILES string of the molecule is CN1CC=C(Cc2ccc3ccccc3c2)CC1. The van der Waals surface area contributed by atoms with Crippen molar-refractivity contribution in [3.05, 3.63) is 59.7 Å². The smallest absolute Gasteiger partial charge is 0.0163 e. The third kappa shape index (κ3) is 2.46. The summed E-state index contributed by atoms with van der Waals surface area (Å²) in [4.78, 5) is 2.36. The van der Waals surface area contributed by atoms with E-state index in [0.717, 1.165) is 13.0 Å². The number of hydrogen-bond donors (Lipinski definition) is 0. The van der Waals surface area contributed by atoms with E-state index in [2.05, 4.69) is 60.5 Å². The molecule has 0 spiro atoms. The van der Waals surface area contributed by atoms with Crippen LogP contribution in [0.5, 0.6) is 0 Å². The monoisotopic (exact) mass is 237 g/mol. The molecule has 2 aromatic carbocycles. The van der Waals surface area contributed by atoms with Crippen LogP contribution in [0.15, 0.2) is 54.1 Å². The topological polar surface area (TPSA) is 3.24 Å². The molecule has 0 amide bonds. The second-order valence-electron chi connectivity index (χ2n) is 5.23. The Morgan fingerprint density at radius 2 is 1.89 bits per heavy atom.